The minimum atomic E-state index is 0.194. The van der Waals surface area contributed by atoms with Gasteiger partial charge < -0.3 is 9.47 Å². The number of aryl methyl sites for hydroxylation is 2. The average Bonchev–Trinajstić information content (AvgIpc) is 2.76. The first-order valence-electron chi connectivity index (χ1n) is 9.52. The molecule has 4 rings (SSSR count). The van der Waals surface area contributed by atoms with E-state index in [1.165, 1.54) is 21.9 Å². The molecule has 31 heavy (non-hydrogen) atoms. The zero-order valence-corrected chi connectivity index (χ0v) is 20.6. The molecule has 4 aromatic rings. The van der Waals surface area contributed by atoms with Crippen LogP contribution in [0.3, 0.4) is 0 Å². The van der Waals surface area contributed by atoms with E-state index in [2.05, 4.69) is 57.6 Å². The van der Waals surface area contributed by atoms with Gasteiger partial charge in [-0.05, 0) is 49.2 Å². The van der Waals surface area contributed by atoms with E-state index in [-0.39, 0.29) is 5.34 Å². The van der Waals surface area contributed by atoms with E-state index < -0.39 is 0 Å². The number of benzene rings is 2. The van der Waals surface area contributed by atoms with E-state index in [9.17, 15) is 0 Å². The number of rotatable bonds is 0. The molecule has 0 spiro atoms. The van der Waals surface area contributed by atoms with Crippen molar-refractivity contribution < 1.29 is 9.47 Å². The van der Waals surface area contributed by atoms with Crippen LogP contribution in [0.1, 0.15) is 11.1 Å². The van der Waals surface area contributed by atoms with Crippen LogP contribution in [0.2, 0.25) is 0 Å². The first kappa shape index (κ1) is 28.8. The SMILES string of the molecule is COC.COC.Cc1cnc2ccccc2c1.Cc1cnc2ccccc2c1.ClCCl. The first-order chi connectivity index (χ1) is 15.0. The number of halogens is 2. The van der Waals surface area contributed by atoms with Gasteiger partial charge in [0.25, 0.3) is 0 Å². The quantitative estimate of drug-likeness (QED) is 0.263. The number of ether oxygens (including phenoxy) is 2. The van der Waals surface area contributed by atoms with Crippen LogP contribution in [0.15, 0.2) is 73.1 Å². The zero-order chi connectivity index (χ0) is 23.5. The summed E-state index contributed by atoms with van der Waals surface area (Å²) < 4.78 is 8.50. The summed E-state index contributed by atoms with van der Waals surface area (Å²) in [6.07, 6.45) is 3.78. The highest BCUT2D eigenvalue weighted by Gasteiger charge is 1.91. The minimum absolute atomic E-state index is 0.194. The van der Waals surface area contributed by atoms with Crippen molar-refractivity contribution in [3.63, 3.8) is 0 Å². The Morgan fingerprint density at radius 3 is 1.26 bits per heavy atom. The molecule has 0 amide bonds. The van der Waals surface area contributed by atoms with E-state index in [0.717, 1.165) is 11.0 Å². The molecule has 0 fully saturated rings. The number of aromatic nitrogens is 2. The van der Waals surface area contributed by atoms with Crippen molar-refractivity contribution in [2.45, 2.75) is 13.8 Å². The predicted octanol–water partition coefficient (Wildman–Crippen LogP) is 7.03. The second-order valence-corrected chi connectivity index (χ2v) is 7.14. The number of alkyl halides is 2. The number of fused-ring (bicyclic) bond motifs is 2. The fourth-order valence-corrected chi connectivity index (χ4v) is 2.36. The molecular formula is C25H32Cl2N2O2. The van der Waals surface area contributed by atoms with Crippen LogP contribution in [0.25, 0.3) is 21.8 Å². The molecule has 0 radical (unpaired) electrons. The fraction of sp³-hybridized carbons (Fsp3) is 0.280. The number of hydrogen-bond donors (Lipinski definition) is 0. The van der Waals surface area contributed by atoms with E-state index in [1.807, 2.05) is 48.8 Å². The van der Waals surface area contributed by atoms with Crippen molar-refractivity contribution in [1.29, 1.82) is 0 Å². The van der Waals surface area contributed by atoms with Crippen LogP contribution in [-0.2, 0) is 9.47 Å². The van der Waals surface area contributed by atoms with Crippen LogP contribution in [0.4, 0.5) is 0 Å². The number of pyridine rings is 2. The predicted molar refractivity (Wildman–Crippen MR) is 135 cm³/mol. The summed E-state index contributed by atoms with van der Waals surface area (Å²) in [7, 11) is 6.50. The van der Waals surface area contributed by atoms with Crippen molar-refractivity contribution in [3.05, 3.63) is 84.2 Å². The van der Waals surface area contributed by atoms with Gasteiger partial charge in [-0.1, -0.05) is 36.4 Å². The second-order valence-electron chi connectivity index (χ2n) is 6.33. The lowest BCUT2D eigenvalue weighted by Crippen LogP contribution is -1.78. The van der Waals surface area contributed by atoms with Crippen LogP contribution in [0, 0.1) is 13.8 Å². The molecule has 0 aliphatic heterocycles. The van der Waals surface area contributed by atoms with Crippen LogP contribution < -0.4 is 0 Å². The second kappa shape index (κ2) is 18.5. The summed E-state index contributed by atoms with van der Waals surface area (Å²) in [4.78, 5) is 8.56. The third-order valence-electron chi connectivity index (χ3n) is 3.45. The monoisotopic (exact) mass is 462 g/mol. The lowest BCUT2D eigenvalue weighted by molar-refractivity contribution is 0.277. The third-order valence-corrected chi connectivity index (χ3v) is 3.45. The van der Waals surface area contributed by atoms with Gasteiger partial charge in [-0.25, -0.2) is 0 Å². The molecule has 4 nitrogen and oxygen atoms in total. The molecule has 0 unspecified atom stereocenters. The van der Waals surface area contributed by atoms with Crippen molar-refractivity contribution in [1.82, 2.24) is 9.97 Å². The van der Waals surface area contributed by atoms with Gasteiger partial charge in [0, 0.05) is 51.6 Å². The minimum Gasteiger partial charge on any atom is -0.388 e. The summed E-state index contributed by atoms with van der Waals surface area (Å²) in [5.41, 5.74) is 4.56. The molecule has 2 aromatic carbocycles. The Morgan fingerprint density at radius 2 is 0.935 bits per heavy atom. The molecule has 0 aliphatic carbocycles. The molecule has 0 aliphatic rings. The maximum atomic E-state index is 4.76. The molecule has 0 bridgehead atoms. The molecule has 6 heteroatoms. The summed E-state index contributed by atoms with van der Waals surface area (Å²) in [5.74, 6) is 0. The summed E-state index contributed by atoms with van der Waals surface area (Å²) in [6.45, 7) is 4.11. The van der Waals surface area contributed by atoms with Crippen LogP contribution >= 0.6 is 23.2 Å². The summed E-state index contributed by atoms with van der Waals surface area (Å²) in [5, 5.41) is 2.63. The standard InChI is InChI=1S/2C10H9N.2C2H6O.CH2Cl2/c2*1-8-6-9-4-2-3-5-10(9)11-7-8;2*1-3-2;2-1-3/h2*2-7H,1H3;2*1-2H3;1H2. The van der Waals surface area contributed by atoms with Crippen molar-refractivity contribution in [3.8, 4) is 0 Å². The van der Waals surface area contributed by atoms with E-state index >= 15 is 0 Å². The van der Waals surface area contributed by atoms with Crippen molar-refractivity contribution in [2.75, 3.05) is 33.8 Å². The first-order valence-corrected chi connectivity index (χ1v) is 10.6. The largest absolute Gasteiger partial charge is 0.388 e. The normalized spacial score (nSPS) is 9.03. The molecule has 0 N–H and O–H groups in total. The molecule has 0 atom stereocenters. The van der Waals surface area contributed by atoms with Crippen molar-refractivity contribution in [2.24, 2.45) is 0 Å². The van der Waals surface area contributed by atoms with Gasteiger partial charge in [0.2, 0.25) is 0 Å². The molecule has 0 saturated heterocycles. The highest BCUT2D eigenvalue weighted by Crippen LogP contribution is 2.12. The molecule has 2 aromatic heterocycles. The van der Waals surface area contributed by atoms with Gasteiger partial charge in [0.05, 0.1) is 16.4 Å². The Morgan fingerprint density at radius 1 is 0.645 bits per heavy atom. The number of hydrogen-bond acceptors (Lipinski definition) is 4. The van der Waals surface area contributed by atoms with Gasteiger partial charge in [-0.15, -0.1) is 23.2 Å². The Bertz CT molecular complexity index is 899. The van der Waals surface area contributed by atoms with Gasteiger partial charge in [-0.2, -0.15) is 0 Å². The Hall–Kier alpha value is -2.24. The van der Waals surface area contributed by atoms with E-state index in [0.29, 0.717) is 0 Å². The Kier molecular flexibility index (Phi) is 17.2. The number of para-hydroxylation sites is 2. The summed E-state index contributed by atoms with van der Waals surface area (Å²) in [6, 6.07) is 20.6. The molecule has 2 heterocycles. The summed E-state index contributed by atoms with van der Waals surface area (Å²) >= 11 is 9.53. The van der Waals surface area contributed by atoms with Gasteiger partial charge in [0.15, 0.2) is 0 Å². The smallest absolute Gasteiger partial charge is 0.0967 e. The maximum Gasteiger partial charge on any atom is 0.0967 e. The molecule has 168 valence electrons. The van der Waals surface area contributed by atoms with Gasteiger partial charge >= 0.3 is 0 Å². The zero-order valence-electron chi connectivity index (χ0n) is 19.1. The van der Waals surface area contributed by atoms with Crippen LogP contribution in [0.5, 0.6) is 0 Å². The molecular weight excluding hydrogens is 431 g/mol. The third kappa shape index (κ3) is 12.9. The van der Waals surface area contributed by atoms with Crippen LogP contribution in [-0.4, -0.2) is 43.7 Å². The number of nitrogens with zero attached hydrogens (tertiary/aromatic N) is 2. The lowest BCUT2D eigenvalue weighted by atomic mass is 10.2. The van der Waals surface area contributed by atoms with Gasteiger partial charge in [-0.3, -0.25) is 9.97 Å². The Labute approximate surface area is 196 Å². The average molecular weight is 463 g/mol. The van der Waals surface area contributed by atoms with E-state index in [4.69, 9.17) is 23.2 Å². The molecule has 0 saturated carbocycles. The topological polar surface area (TPSA) is 44.2 Å². The maximum absolute atomic E-state index is 4.76. The van der Waals surface area contributed by atoms with Crippen molar-refractivity contribution >= 4 is 45.0 Å². The fourth-order valence-electron chi connectivity index (χ4n) is 2.36. The Balaban J connectivity index is 0.000000424. The number of methoxy groups -OCH3 is 2. The lowest BCUT2D eigenvalue weighted by Gasteiger charge is -1.95. The highest BCUT2D eigenvalue weighted by molar-refractivity contribution is 6.40. The highest BCUT2D eigenvalue weighted by atomic mass is 35.5. The van der Waals surface area contributed by atoms with Gasteiger partial charge in [0.1, 0.15) is 0 Å². The van der Waals surface area contributed by atoms with E-state index in [1.54, 1.807) is 28.4 Å².